The third-order valence-electron chi connectivity index (χ3n) is 6.94. The number of hydrogen-bond donors (Lipinski definition) is 1. The van der Waals surface area contributed by atoms with Crippen LogP contribution >= 0.6 is 11.6 Å². The minimum Gasteiger partial charge on any atom is -0.331 e. The molecule has 0 saturated carbocycles. The Morgan fingerprint density at radius 2 is 1.67 bits per heavy atom. The monoisotopic (exact) mass is 425 g/mol. The van der Waals surface area contributed by atoms with Crippen LogP contribution in [-0.2, 0) is 0 Å². The summed E-state index contributed by atoms with van der Waals surface area (Å²) in [5.41, 5.74) is 2.73. The Bertz CT molecular complexity index is 860. The van der Waals surface area contributed by atoms with Gasteiger partial charge in [-0.3, -0.25) is 4.90 Å². The van der Waals surface area contributed by atoms with Crippen molar-refractivity contribution in [3.8, 4) is 0 Å². The predicted molar refractivity (Wildman–Crippen MR) is 123 cm³/mol. The van der Waals surface area contributed by atoms with E-state index in [1.54, 1.807) is 0 Å². The molecule has 0 aliphatic carbocycles. The maximum absolute atomic E-state index is 12.9. The van der Waals surface area contributed by atoms with Crippen LogP contribution < -0.4 is 5.32 Å². The minimum absolute atomic E-state index is 0.0107. The molecule has 0 aromatic heterocycles. The van der Waals surface area contributed by atoms with Gasteiger partial charge in [0.25, 0.3) is 0 Å². The van der Waals surface area contributed by atoms with Gasteiger partial charge in [-0.1, -0.05) is 54.1 Å². The maximum Gasteiger partial charge on any atom is 0.317 e. The molecule has 1 spiro atoms. The Kier molecular flexibility index (Phi) is 6.08. The van der Waals surface area contributed by atoms with Gasteiger partial charge in [-0.15, -0.1) is 0 Å². The van der Waals surface area contributed by atoms with E-state index in [4.69, 9.17) is 11.6 Å². The summed E-state index contributed by atoms with van der Waals surface area (Å²) in [5, 5.41) is 3.95. The second kappa shape index (κ2) is 8.60. The van der Waals surface area contributed by atoms with Gasteiger partial charge in [0.1, 0.15) is 0 Å². The number of carbonyl (C=O) groups excluding carboxylic acids is 1. The lowest BCUT2D eigenvalue weighted by atomic mass is 9.62. The molecule has 1 unspecified atom stereocenters. The predicted octanol–water partition coefficient (Wildman–Crippen LogP) is 5.66. The summed E-state index contributed by atoms with van der Waals surface area (Å²) in [7, 11) is 0. The van der Waals surface area contributed by atoms with Gasteiger partial charge in [0, 0.05) is 42.2 Å². The normalized spacial score (nSPS) is 22.0. The zero-order valence-corrected chi connectivity index (χ0v) is 18.9. The first-order valence-corrected chi connectivity index (χ1v) is 11.4. The van der Waals surface area contributed by atoms with Crippen LogP contribution in [0.15, 0.2) is 54.6 Å². The molecule has 2 saturated heterocycles. The summed E-state index contributed by atoms with van der Waals surface area (Å²) in [5.74, 6) is 0. The van der Waals surface area contributed by atoms with Crippen LogP contribution in [0.25, 0.3) is 0 Å². The summed E-state index contributed by atoms with van der Waals surface area (Å²) in [6.45, 7) is 9.30. The second-order valence-electron chi connectivity index (χ2n) is 9.15. The van der Waals surface area contributed by atoms with E-state index in [2.05, 4.69) is 48.3 Å². The average molecular weight is 426 g/mol. The lowest BCUT2D eigenvalue weighted by molar-refractivity contribution is -0.123. The lowest BCUT2D eigenvalue weighted by Crippen LogP contribution is -2.64. The number of urea groups is 1. The van der Waals surface area contributed by atoms with Crippen molar-refractivity contribution in [2.75, 3.05) is 19.6 Å². The highest BCUT2D eigenvalue weighted by atomic mass is 35.5. The number of benzene rings is 2. The lowest BCUT2D eigenvalue weighted by Gasteiger charge is -2.62. The van der Waals surface area contributed by atoms with Gasteiger partial charge in [0.05, 0.1) is 6.04 Å². The van der Waals surface area contributed by atoms with Crippen LogP contribution in [0.5, 0.6) is 0 Å². The summed E-state index contributed by atoms with van der Waals surface area (Å²) in [6, 6.07) is 19.4. The first-order chi connectivity index (χ1) is 14.4. The van der Waals surface area contributed by atoms with Crippen LogP contribution in [0, 0.1) is 5.41 Å². The Morgan fingerprint density at radius 1 is 1.03 bits per heavy atom. The number of piperidine rings is 1. The van der Waals surface area contributed by atoms with Crippen molar-refractivity contribution < 1.29 is 4.79 Å². The van der Waals surface area contributed by atoms with Crippen molar-refractivity contribution in [3.63, 3.8) is 0 Å². The number of halogens is 1. The van der Waals surface area contributed by atoms with Gasteiger partial charge in [-0.2, -0.15) is 0 Å². The molecule has 160 valence electrons. The number of nitrogens with zero attached hydrogens (tertiary/aromatic N) is 2. The van der Waals surface area contributed by atoms with Crippen molar-refractivity contribution in [2.45, 2.75) is 51.7 Å². The minimum atomic E-state index is 0.0107. The van der Waals surface area contributed by atoms with Crippen molar-refractivity contribution in [2.24, 2.45) is 5.41 Å². The van der Waals surface area contributed by atoms with Crippen molar-refractivity contribution in [3.05, 3.63) is 70.7 Å². The molecule has 4 nitrogen and oxygen atoms in total. The Hall–Kier alpha value is -2.04. The SMILES string of the molecule is CC(C)N1CC2(CCN(C(=O)N[C@H](C)c3ccccc3)CC2)C1c1ccc(Cl)cc1. The van der Waals surface area contributed by atoms with Crippen LogP contribution in [0.3, 0.4) is 0 Å². The quantitative estimate of drug-likeness (QED) is 0.686. The highest BCUT2D eigenvalue weighted by Gasteiger charge is 2.54. The molecule has 2 aliphatic rings. The van der Waals surface area contributed by atoms with E-state index in [1.807, 2.05) is 42.2 Å². The highest BCUT2D eigenvalue weighted by Crippen LogP contribution is 2.55. The summed E-state index contributed by atoms with van der Waals surface area (Å²) in [4.78, 5) is 17.4. The number of rotatable bonds is 4. The Morgan fingerprint density at radius 3 is 2.27 bits per heavy atom. The summed E-state index contributed by atoms with van der Waals surface area (Å²) in [6.07, 6.45) is 2.08. The van der Waals surface area contributed by atoms with Crippen molar-refractivity contribution >= 4 is 17.6 Å². The van der Waals surface area contributed by atoms with Crippen LogP contribution in [0.4, 0.5) is 4.79 Å². The fraction of sp³-hybridized carbons (Fsp3) is 0.480. The molecule has 1 N–H and O–H groups in total. The fourth-order valence-electron chi connectivity index (χ4n) is 5.14. The van der Waals surface area contributed by atoms with Gasteiger partial charge >= 0.3 is 6.03 Å². The molecule has 2 amide bonds. The highest BCUT2D eigenvalue weighted by molar-refractivity contribution is 6.30. The summed E-state index contributed by atoms with van der Waals surface area (Å²) < 4.78 is 0. The average Bonchev–Trinajstić information content (AvgIpc) is 2.74. The van der Waals surface area contributed by atoms with Gasteiger partial charge in [-0.25, -0.2) is 4.79 Å². The van der Waals surface area contributed by atoms with Crippen LogP contribution in [0.1, 0.15) is 56.8 Å². The van der Waals surface area contributed by atoms with Gasteiger partial charge < -0.3 is 10.2 Å². The molecule has 4 rings (SSSR count). The van der Waals surface area contributed by atoms with Gasteiger partial charge in [0.15, 0.2) is 0 Å². The van der Waals surface area contributed by atoms with E-state index in [1.165, 1.54) is 5.56 Å². The molecule has 2 atom stereocenters. The molecule has 0 radical (unpaired) electrons. The molecule has 2 aliphatic heterocycles. The number of nitrogens with one attached hydrogen (secondary N) is 1. The zero-order chi connectivity index (χ0) is 21.3. The van der Waals surface area contributed by atoms with Crippen molar-refractivity contribution in [1.82, 2.24) is 15.1 Å². The third-order valence-corrected chi connectivity index (χ3v) is 7.20. The molecular weight excluding hydrogens is 394 g/mol. The molecule has 5 heteroatoms. The first-order valence-electron chi connectivity index (χ1n) is 11.0. The largest absolute Gasteiger partial charge is 0.331 e. The second-order valence-corrected chi connectivity index (χ2v) is 9.59. The van der Waals surface area contributed by atoms with E-state index >= 15 is 0 Å². The summed E-state index contributed by atoms with van der Waals surface area (Å²) >= 11 is 6.13. The topological polar surface area (TPSA) is 35.6 Å². The number of amides is 2. The number of carbonyl (C=O) groups is 1. The Labute approximate surface area is 185 Å². The van der Waals surface area contributed by atoms with E-state index in [0.717, 1.165) is 43.1 Å². The molecule has 0 bridgehead atoms. The number of hydrogen-bond acceptors (Lipinski definition) is 2. The molecule has 2 heterocycles. The van der Waals surface area contributed by atoms with Crippen LogP contribution in [-0.4, -0.2) is 41.5 Å². The van der Waals surface area contributed by atoms with Crippen LogP contribution in [0.2, 0.25) is 5.02 Å². The molecule has 2 aromatic rings. The Balaban J connectivity index is 1.41. The first kappa shape index (κ1) is 21.2. The maximum atomic E-state index is 12.9. The van der Waals surface area contributed by atoms with E-state index in [0.29, 0.717) is 12.1 Å². The van der Waals surface area contributed by atoms with Gasteiger partial charge in [-0.05, 0) is 56.9 Å². The third kappa shape index (κ3) is 4.08. The molecular formula is C25H32ClN3O. The standard InChI is InChI=1S/C25H32ClN3O/c1-18(2)29-17-25(23(29)21-9-11-22(26)12-10-21)13-15-28(16-14-25)24(30)27-19(3)20-7-5-4-6-8-20/h4-12,18-19,23H,13-17H2,1-3H3,(H,27,30)/t19-,23?/m1/s1. The number of likely N-dealkylation sites (tertiary alicyclic amines) is 2. The van der Waals surface area contributed by atoms with E-state index in [-0.39, 0.29) is 17.5 Å². The van der Waals surface area contributed by atoms with Gasteiger partial charge in [0.2, 0.25) is 0 Å². The molecule has 2 aromatic carbocycles. The molecule has 2 fully saturated rings. The molecule has 30 heavy (non-hydrogen) atoms. The fourth-order valence-corrected chi connectivity index (χ4v) is 5.27. The smallest absolute Gasteiger partial charge is 0.317 e. The van der Waals surface area contributed by atoms with E-state index in [9.17, 15) is 4.79 Å². The van der Waals surface area contributed by atoms with Crippen molar-refractivity contribution in [1.29, 1.82) is 0 Å². The van der Waals surface area contributed by atoms with E-state index < -0.39 is 0 Å². The zero-order valence-electron chi connectivity index (χ0n) is 18.1.